The lowest BCUT2D eigenvalue weighted by molar-refractivity contribution is -0.137. The van der Waals surface area contributed by atoms with Gasteiger partial charge in [-0.1, -0.05) is 22.9 Å². The third-order valence-corrected chi connectivity index (χ3v) is 3.82. The van der Waals surface area contributed by atoms with Crippen LogP contribution in [-0.2, 0) is 11.2 Å². The number of halogens is 2. The molecule has 0 aliphatic rings. The second-order valence-corrected chi connectivity index (χ2v) is 6.30. The highest BCUT2D eigenvalue weighted by atomic mass is 79.9. The van der Waals surface area contributed by atoms with Gasteiger partial charge in [-0.05, 0) is 40.0 Å². The predicted octanol–water partition coefficient (Wildman–Crippen LogP) is 3.91. The Bertz CT molecular complexity index is 628. The summed E-state index contributed by atoms with van der Waals surface area (Å²) in [7, 11) is 0. The fraction of sp³-hybridized carbons (Fsp3) is 0.308. The average Bonchev–Trinajstić information content (AvgIpc) is 2.75. The number of carbonyl (C=O) groups is 1. The second kappa shape index (κ2) is 6.49. The van der Waals surface area contributed by atoms with Gasteiger partial charge in [0.2, 0.25) is 11.8 Å². The number of benzene rings is 1. The molecule has 0 radical (unpaired) electrons. The minimum Gasteiger partial charge on any atom is -0.481 e. The van der Waals surface area contributed by atoms with Crippen LogP contribution in [0.15, 0.2) is 31.6 Å². The van der Waals surface area contributed by atoms with Gasteiger partial charge in [-0.2, -0.15) is 0 Å². The molecule has 2 rings (SSSR count). The Hall–Kier alpha value is -1.21. The molecule has 106 valence electrons. The zero-order valence-corrected chi connectivity index (χ0v) is 13.8. The van der Waals surface area contributed by atoms with Crippen LogP contribution < -0.4 is 0 Å². The maximum atomic E-state index is 10.6. The van der Waals surface area contributed by atoms with Crippen molar-refractivity contribution in [3.8, 4) is 11.5 Å². The second-order valence-electron chi connectivity index (χ2n) is 4.53. The molecular formula is C13H12Br2N2O3. The standard InChI is InChI=1S/C13H12Br2N2O3/c1-7(5-12(18)19)4-11-16-17-13(20-11)9-3-2-8(14)6-10(9)15/h2-3,6-7H,4-5H2,1H3,(H,18,19). The van der Waals surface area contributed by atoms with Crippen LogP contribution in [0.1, 0.15) is 19.2 Å². The Kier molecular flexibility index (Phi) is 4.93. The fourth-order valence-electron chi connectivity index (χ4n) is 1.78. The van der Waals surface area contributed by atoms with Crippen molar-refractivity contribution in [1.29, 1.82) is 0 Å². The van der Waals surface area contributed by atoms with Crippen molar-refractivity contribution < 1.29 is 14.3 Å². The summed E-state index contributed by atoms with van der Waals surface area (Å²) in [6, 6.07) is 5.65. The van der Waals surface area contributed by atoms with Crippen molar-refractivity contribution in [2.45, 2.75) is 19.8 Å². The zero-order chi connectivity index (χ0) is 14.7. The van der Waals surface area contributed by atoms with Gasteiger partial charge in [0.1, 0.15) is 0 Å². The number of carboxylic acid groups (broad SMARTS) is 1. The maximum absolute atomic E-state index is 10.6. The smallest absolute Gasteiger partial charge is 0.303 e. The lowest BCUT2D eigenvalue weighted by atomic mass is 10.0. The normalized spacial score (nSPS) is 12.3. The Morgan fingerprint density at radius 1 is 1.40 bits per heavy atom. The first-order valence-electron chi connectivity index (χ1n) is 5.95. The average molecular weight is 404 g/mol. The molecular weight excluding hydrogens is 392 g/mol. The van der Waals surface area contributed by atoms with Crippen molar-refractivity contribution in [2.24, 2.45) is 5.92 Å². The number of rotatable bonds is 5. The van der Waals surface area contributed by atoms with E-state index in [1.54, 1.807) is 0 Å². The molecule has 0 saturated heterocycles. The van der Waals surface area contributed by atoms with Crippen LogP contribution in [0.25, 0.3) is 11.5 Å². The van der Waals surface area contributed by atoms with Gasteiger partial charge < -0.3 is 9.52 Å². The summed E-state index contributed by atoms with van der Waals surface area (Å²) < 4.78 is 7.38. The lowest BCUT2D eigenvalue weighted by Crippen LogP contribution is -2.07. The molecule has 1 heterocycles. The highest BCUT2D eigenvalue weighted by Gasteiger charge is 2.15. The molecule has 1 aromatic carbocycles. The van der Waals surface area contributed by atoms with Gasteiger partial charge in [0.15, 0.2) is 0 Å². The van der Waals surface area contributed by atoms with E-state index in [0.29, 0.717) is 18.2 Å². The zero-order valence-electron chi connectivity index (χ0n) is 10.6. The van der Waals surface area contributed by atoms with Gasteiger partial charge in [-0.3, -0.25) is 4.79 Å². The molecule has 0 bridgehead atoms. The Morgan fingerprint density at radius 2 is 2.15 bits per heavy atom. The molecule has 20 heavy (non-hydrogen) atoms. The van der Waals surface area contributed by atoms with Crippen LogP contribution in [0, 0.1) is 5.92 Å². The number of hydrogen-bond acceptors (Lipinski definition) is 4. The van der Waals surface area contributed by atoms with E-state index >= 15 is 0 Å². The van der Waals surface area contributed by atoms with Crippen LogP contribution >= 0.6 is 31.9 Å². The van der Waals surface area contributed by atoms with Gasteiger partial charge in [-0.15, -0.1) is 10.2 Å². The molecule has 2 aromatic rings. The number of aliphatic carboxylic acids is 1. The SMILES string of the molecule is CC(CC(=O)O)Cc1nnc(-c2ccc(Br)cc2Br)o1. The molecule has 0 aliphatic carbocycles. The van der Waals surface area contributed by atoms with E-state index < -0.39 is 5.97 Å². The van der Waals surface area contributed by atoms with E-state index in [9.17, 15) is 4.79 Å². The van der Waals surface area contributed by atoms with Crippen LogP contribution in [-0.4, -0.2) is 21.3 Å². The highest BCUT2D eigenvalue weighted by molar-refractivity contribution is 9.11. The fourth-order valence-corrected chi connectivity index (χ4v) is 2.99. The summed E-state index contributed by atoms with van der Waals surface area (Å²) in [5, 5.41) is 16.7. The van der Waals surface area contributed by atoms with Gasteiger partial charge in [-0.25, -0.2) is 0 Å². The summed E-state index contributed by atoms with van der Waals surface area (Å²) in [5.41, 5.74) is 0.804. The number of carboxylic acids is 1. The maximum Gasteiger partial charge on any atom is 0.303 e. The first kappa shape index (κ1) is 15.2. The summed E-state index contributed by atoms with van der Waals surface area (Å²) in [4.78, 5) is 10.6. The van der Waals surface area contributed by atoms with Crippen LogP contribution in [0.3, 0.4) is 0 Å². The van der Waals surface area contributed by atoms with Crippen molar-refractivity contribution in [2.75, 3.05) is 0 Å². The first-order chi connectivity index (χ1) is 9.45. The molecule has 7 heteroatoms. The molecule has 1 aromatic heterocycles. The van der Waals surface area contributed by atoms with Gasteiger partial charge in [0.05, 0.1) is 5.56 Å². The van der Waals surface area contributed by atoms with E-state index in [-0.39, 0.29) is 12.3 Å². The van der Waals surface area contributed by atoms with Crippen LogP contribution in [0.2, 0.25) is 0 Å². The molecule has 0 amide bonds. The minimum atomic E-state index is -0.826. The van der Waals surface area contributed by atoms with Crippen LogP contribution in [0.5, 0.6) is 0 Å². The summed E-state index contributed by atoms with van der Waals surface area (Å²) in [6.45, 7) is 1.84. The largest absolute Gasteiger partial charge is 0.481 e. The molecule has 0 aliphatic heterocycles. The lowest BCUT2D eigenvalue weighted by Gasteiger charge is -2.03. The molecule has 1 N–H and O–H groups in total. The molecule has 0 fully saturated rings. The summed E-state index contributed by atoms with van der Waals surface area (Å²) in [5.74, 6) is -0.00693. The summed E-state index contributed by atoms with van der Waals surface area (Å²) >= 11 is 6.82. The van der Waals surface area contributed by atoms with Crippen molar-refractivity contribution in [3.05, 3.63) is 33.0 Å². The van der Waals surface area contributed by atoms with Gasteiger partial charge >= 0.3 is 5.97 Å². The summed E-state index contributed by atoms with van der Waals surface area (Å²) in [6.07, 6.45) is 0.535. The van der Waals surface area contributed by atoms with E-state index in [4.69, 9.17) is 9.52 Å². The van der Waals surface area contributed by atoms with E-state index in [1.165, 1.54) is 0 Å². The van der Waals surface area contributed by atoms with Crippen molar-refractivity contribution >= 4 is 37.8 Å². The number of nitrogens with zero attached hydrogens (tertiary/aromatic N) is 2. The van der Waals surface area contributed by atoms with Crippen molar-refractivity contribution in [3.63, 3.8) is 0 Å². The van der Waals surface area contributed by atoms with Crippen molar-refractivity contribution in [1.82, 2.24) is 10.2 Å². The molecule has 0 spiro atoms. The van der Waals surface area contributed by atoms with Crippen LogP contribution in [0.4, 0.5) is 0 Å². The molecule has 1 unspecified atom stereocenters. The third kappa shape index (κ3) is 3.89. The van der Waals surface area contributed by atoms with Gasteiger partial charge in [0.25, 0.3) is 0 Å². The molecule has 0 saturated carbocycles. The van der Waals surface area contributed by atoms with Gasteiger partial charge in [0, 0.05) is 21.8 Å². The minimum absolute atomic E-state index is 0.0471. The number of aromatic nitrogens is 2. The monoisotopic (exact) mass is 402 g/mol. The Labute approximate surface area is 132 Å². The highest BCUT2D eigenvalue weighted by Crippen LogP contribution is 2.30. The Balaban J connectivity index is 2.14. The molecule has 5 nitrogen and oxygen atoms in total. The predicted molar refractivity (Wildman–Crippen MR) is 80.3 cm³/mol. The number of hydrogen-bond donors (Lipinski definition) is 1. The third-order valence-electron chi connectivity index (χ3n) is 2.67. The Morgan fingerprint density at radius 3 is 2.80 bits per heavy atom. The van der Waals surface area contributed by atoms with E-state index in [1.807, 2.05) is 25.1 Å². The molecule has 1 atom stereocenters. The first-order valence-corrected chi connectivity index (χ1v) is 7.54. The van der Waals surface area contributed by atoms with E-state index in [2.05, 4.69) is 42.1 Å². The quantitative estimate of drug-likeness (QED) is 0.818. The van der Waals surface area contributed by atoms with E-state index in [0.717, 1.165) is 14.5 Å². The topological polar surface area (TPSA) is 76.2 Å².